The highest BCUT2D eigenvalue weighted by molar-refractivity contribution is 7.90. The van der Waals surface area contributed by atoms with E-state index >= 15 is 0 Å². The predicted molar refractivity (Wildman–Crippen MR) is 134 cm³/mol. The van der Waals surface area contributed by atoms with Gasteiger partial charge in [-0.3, -0.25) is 0 Å². The normalized spacial score (nSPS) is 11.5. The molecule has 36 heavy (non-hydrogen) atoms. The molecule has 12 heteroatoms. The Labute approximate surface area is 210 Å². The third-order valence-electron chi connectivity index (χ3n) is 5.43. The highest BCUT2D eigenvalue weighted by atomic mass is 32.2. The Balaban J connectivity index is 1.45. The van der Waals surface area contributed by atoms with Gasteiger partial charge in [-0.25, -0.2) is 4.39 Å². The van der Waals surface area contributed by atoms with Crippen molar-refractivity contribution in [2.24, 2.45) is 0 Å². The van der Waals surface area contributed by atoms with Crippen molar-refractivity contribution in [3.8, 4) is 22.5 Å². The van der Waals surface area contributed by atoms with Crippen molar-refractivity contribution in [2.75, 3.05) is 5.32 Å². The molecule has 9 nitrogen and oxygen atoms in total. The molecule has 0 aliphatic rings. The van der Waals surface area contributed by atoms with Crippen LogP contribution in [0.3, 0.4) is 0 Å². The van der Waals surface area contributed by atoms with Crippen LogP contribution in [-0.2, 0) is 23.0 Å². The summed E-state index contributed by atoms with van der Waals surface area (Å²) in [4.78, 5) is -0.505. The van der Waals surface area contributed by atoms with Crippen LogP contribution in [0.4, 0.5) is 9.52 Å². The van der Waals surface area contributed by atoms with Crippen LogP contribution in [0.25, 0.3) is 22.5 Å². The van der Waals surface area contributed by atoms with E-state index in [2.05, 4.69) is 31.0 Å². The van der Waals surface area contributed by atoms with Crippen molar-refractivity contribution in [2.45, 2.75) is 24.8 Å². The first-order chi connectivity index (χ1) is 17.5. The minimum atomic E-state index is -4.36. The summed E-state index contributed by atoms with van der Waals surface area (Å²) < 4.78 is 41.3. The van der Waals surface area contributed by atoms with Gasteiger partial charge in [0.05, 0.1) is 0 Å². The van der Waals surface area contributed by atoms with E-state index in [4.69, 9.17) is 0 Å². The Morgan fingerprint density at radius 1 is 0.917 bits per heavy atom. The molecule has 2 heterocycles. The van der Waals surface area contributed by atoms with Gasteiger partial charge in [0.25, 0.3) is 10.0 Å². The Morgan fingerprint density at radius 2 is 1.64 bits per heavy atom. The molecule has 0 amide bonds. The van der Waals surface area contributed by atoms with Crippen LogP contribution in [-0.4, -0.2) is 38.2 Å². The Kier molecular flexibility index (Phi) is 6.53. The number of aryl methyl sites for hydroxylation is 1. The fourth-order valence-corrected chi connectivity index (χ4v) is 5.54. The van der Waals surface area contributed by atoms with Crippen LogP contribution in [0.2, 0.25) is 0 Å². The molecule has 5 aromatic rings. The standard InChI is InChI=1S/C24H20FN7O2S2/c1-2-22-27-29-24(35-22)26-15-16-11-13-17(14-12-16)18-7-3-4-8-19(18)23-28-30-31-32(23)36(33,34)21-10-6-5-9-20(21)25/h3-14H,2,15H2,1H3,(H,26,29). The largest absolute Gasteiger partial charge is 0.356 e. The second kappa shape index (κ2) is 9.91. The zero-order chi connectivity index (χ0) is 25.1. The molecule has 3 aromatic carbocycles. The summed E-state index contributed by atoms with van der Waals surface area (Å²) in [6.45, 7) is 2.62. The maximum absolute atomic E-state index is 14.3. The van der Waals surface area contributed by atoms with Crippen LogP contribution < -0.4 is 5.32 Å². The molecule has 0 spiro atoms. The lowest BCUT2D eigenvalue weighted by Crippen LogP contribution is -2.17. The van der Waals surface area contributed by atoms with Gasteiger partial charge in [-0.1, -0.05) is 78.9 Å². The summed E-state index contributed by atoms with van der Waals surface area (Å²) in [6.07, 6.45) is 0.846. The first-order valence-corrected chi connectivity index (χ1v) is 13.3. The van der Waals surface area contributed by atoms with Crippen molar-refractivity contribution < 1.29 is 12.8 Å². The quantitative estimate of drug-likeness (QED) is 0.319. The first kappa shape index (κ1) is 23.7. The second-order valence-corrected chi connectivity index (χ2v) is 10.5. The molecule has 0 saturated carbocycles. The lowest BCUT2D eigenvalue weighted by atomic mass is 9.98. The molecule has 1 N–H and O–H groups in total. The highest BCUT2D eigenvalue weighted by Crippen LogP contribution is 2.32. The predicted octanol–water partition coefficient (Wildman–Crippen LogP) is 4.41. The van der Waals surface area contributed by atoms with E-state index in [-0.39, 0.29) is 5.82 Å². The monoisotopic (exact) mass is 521 g/mol. The summed E-state index contributed by atoms with van der Waals surface area (Å²) in [5.41, 5.74) is 3.11. The number of aromatic nitrogens is 6. The number of benzene rings is 3. The molecular weight excluding hydrogens is 501 g/mol. The van der Waals surface area contributed by atoms with Crippen molar-refractivity contribution in [3.63, 3.8) is 0 Å². The van der Waals surface area contributed by atoms with Gasteiger partial charge in [0.2, 0.25) is 5.13 Å². The van der Waals surface area contributed by atoms with Crippen molar-refractivity contribution >= 4 is 26.5 Å². The van der Waals surface area contributed by atoms with E-state index in [1.807, 2.05) is 43.3 Å². The third-order valence-corrected chi connectivity index (χ3v) is 8.04. The first-order valence-electron chi connectivity index (χ1n) is 11.0. The molecule has 0 saturated heterocycles. The van der Waals surface area contributed by atoms with Crippen LogP contribution >= 0.6 is 11.3 Å². The van der Waals surface area contributed by atoms with Gasteiger partial charge in [-0.05, 0) is 45.7 Å². The molecule has 0 aliphatic carbocycles. The van der Waals surface area contributed by atoms with Crippen LogP contribution in [0.15, 0.2) is 77.7 Å². The number of rotatable bonds is 8. The SMILES string of the molecule is CCc1nnc(NCc2ccc(-c3ccccc3-c3nnnn3S(=O)(=O)c3ccccc3F)cc2)s1. The Morgan fingerprint density at radius 3 is 2.36 bits per heavy atom. The number of anilines is 1. The maximum atomic E-state index is 14.3. The summed E-state index contributed by atoms with van der Waals surface area (Å²) in [6, 6.07) is 20.1. The van der Waals surface area contributed by atoms with Crippen LogP contribution in [0, 0.1) is 5.82 Å². The smallest absolute Gasteiger partial charge is 0.289 e. The molecule has 0 radical (unpaired) electrons. The fourth-order valence-electron chi connectivity index (χ4n) is 3.62. The zero-order valence-electron chi connectivity index (χ0n) is 19.0. The van der Waals surface area contributed by atoms with Gasteiger partial charge in [0, 0.05) is 12.1 Å². The van der Waals surface area contributed by atoms with Crippen LogP contribution in [0.5, 0.6) is 0 Å². The van der Waals surface area contributed by atoms with Gasteiger partial charge in [0.1, 0.15) is 15.7 Å². The molecule has 5 rings (SSSR count). The number of nitrogens with one attached hydrogen (secondary N) is 1. The average Bonchev–Trinajstić information content (AvgIpc) is 3.58. The third kappa shape index (κ3) is 4.60. The number of nitrogens with zero attached hydrogens (tertiary/aromatic N) is 6. The summed E-state index contributed by atoms with van der Waals surface area (Å²) in [7, 11) is -4.36. The molecule has 0 atom stereocenters. The number of tetrazole rings is 1. The summed E-state index contributed by atoms with van der Waals surface area (Å²) >= 11 is 1.53. The zero-order valence-corrected chi connectivity index (χ0v) is 20.7. The average molecular weight is 522 g/mol. The minimum Gasteiger partial charge on any atom is -0.356 e. The molecule has 0 bridgehead atoms. The van der Waals surface area contributed by atoms with Gasteiger partial charge in [0.15, 0.2) is 5.82 Å². The molecule has 0 aliphatic heterocycles. The summed E-state index contributed by atoms with van der Waals surface area (Å²) in [5, 5.41) is 24.5. The Hall–Kier alpha value is -4.03. The molecular formula is C24H20FN7O2S2. The Bertz CT molecular complexity index is 1620. The van der Waals surface area contributed by atoms with Gasteiger partial charge < -0.3 is 5.32 Å². The van der Waals surface area contributed by atoms with E-state index in [9.17, 15) is 12.8 Å². The molecule has 2 aromatic heterocycles. The fraction of sp³-hybridized carbons (Fsp3) is 0.125. The van der Waals surface area contributed by atoms with E-state index in [0.29, 0.717) is 16.2 Å². The minimum absolute atomic E-state index is 0.0115. The van der Waals surface area contributed by atoms with Crippen molar-refractivity contribution in [3.05, 3.63) is 89.2 Å². The number of halogens is 1. The molecule has 0 fully saturated rings. The van der Waals surface area contributed by atoms with E-state index in [1.54, 1.807) is 12.1 Å². The topological polar surface area (TPSA) is 116 Å². The van der Waals surface area contributed by atoms with E-state index < -0.39 is 20.7 Å². The number of hydrogen-bond donors (Lipinski definition) is 1. The van der Waals surface area contributed by atoms with E-state index in [0.717, 1.165) is 39.3 Å². The lowest BCUT2D eigenvalue weighted by Gasteiger charge is -2.11. The lowest BCUT2D eigenvalue weighted by molar-refractivity contribution is 0.554. The maximum Gasteiger partial charge on any atom is 0.289 e. The molecule has 182 valence electrons. The molecule has 0 unspecified atom stereocenters. The van der Waals surface area contributed by atoms with Gasteiger partial charge >= 0.3 is 0 Å². The van der Waals surface area contributed by atoms with Crippen molar-refractivity contribution in [1.82, 2.24) is 29.8 Å². The van der Waals surface area contributed by atoms with Gasteiger partial charge in [-0.2, -0.15) is 8.42 Å². The highest BCUT2D eigenvalue weighted by Gasteiger charge is 2.27. The van der Waals surface area contributed by atoms with E-state index in [1.165, 1.54) is 29.5 Å². The summed E-state index contributed by atoms with van der Waals surface area (Å²) in [5.74, 6) is -0.890. The second-order valence-electron chi connectivity index (χ2n) is 7.73. The van der Waals surface area contributed by atoms with Crippen LogP contribution in [0.1, 0.15) is 17.5 Å². The van der Waals surface area contributed by atoms with Gasteiger partial charge in [-0.15, -0.1) is 19.4 Å². The van der Waals surface area contributed by atoms with Crippen molar-refractivity contribution in [1.29, 1.82) is 0 Å². The number of hydrogen-bond acceptors (Lipinski definition) is 9.